The van der Waals surface area contributed by atoms with E-state index in [1.54, 1.807) is 0 Å². The van der Waals surface area contributed by atoms with Crippen LogP contribution in [-0.4, -0.2) is 14.3 Å². The van der Waals surface area contributed by atoms with E-state index in [1.165, 1.54) is 35.6 Å². The third-order valence-corrected chi connectivity index (χ3v) is 7.03. The lowest BCUT2D eigenvalue weighted by Crippen LogP contribution is -2.19. The van der Waals surface area contributed by atoms with Gasteiger partial charge in [0.2, 0.25) is 0 Å². The number of hydrogen-bond acceptors (Lipinski definition) is 4. The molecule has 0 radical (unpaired) electrons. The summed E-state index contributed by atoms with van der Waals surface area (Å²) in [7, 11) is -3.81. The maximum absolute atomic E-state index is 12.6. The lowest BCUT2D eigenvalue weighted by Gasteiger charge is -2.18. The van der Waals surface area contributed by atoms with Gasteiger partial charge in [0, 0.05) is 9.90 Å². The van der Waals surface area contributed by atoms with E-state index in [9.17, 15) is 13.2 Å². The monoisotopic (exact) mass is 384 g/mol. The molecule has 0 saturated heterocycles. The molecule has 0 bridgehead atoms. The highest BCUT2D eigenvalue weighted by atomic mass is 35.5. The minimum Gasteiger partial charge on any atom is -0.365 e. The van der Waals surface area contributed by atoms with Crippen molar-refractivity contribution in [2.75, 3.05) is 4.72 Å². The predicted octanol–water partition coefficient (Wildman–Crippen LogP) is 3.43. The maximum atomic E-state index is 12.6. The Morgan fingerprint density at radius 2 is 2.00 bits per heavy atom. The zero-order chi connectivity index (χ0) is 17.5. The second kappa shape index (κ2) is 6.38. The summed E-state index contributed by atoms with van der Waals surface area (Å²) < 4.78 is 27.7. The molecule has 3 rings (SSSR count). The van der Waals surface area contributed by atoms with Gasteiger partial charge in [-0.2, -0.15) is 0 Å². The summed E-state index contributed by atoms with van der Waals surface area (Å²) in [5, 5.41) is 0.754. The molecule has 24 heavy (non-hydrogen) atoms. The van der Waals surface area contributed by atoms with Crippen LogP contribution in [0.2, 0.25) is 5.02 Å². The highest BCUT2D eigenvalue weighted by Crippen LogP contribution is 2.40. The number of hydrogen-bond donors (Lipinski definition) is 2. The second-order valence-electron chi connectivity index (χ2n) is 5.98. The van der Waals surface area contributed by atoms with Crippen molar-refractivity contribution in [3.63, 3.8) is 0 Å². The fourth-order valence-electron chi connectivity index (χ4n) is 2.88. The standard InChI is InChI=1S/C16H17ClN2O3S2/c1-9-2-7-12-13(8-9)23-16(14(12)15(18)20)19-24(21,22)11-5-3-10(17)4-6-11/h3-6,9,19H,2,7-8H2,1H3,(H2,18,20). The van der Waals surface area contributed by atoms with Gasteiger partial charge in [0.1, 0.15) is 5.00 Å². The van der Waals surface area contributed by atoms with Gasteiger partial charge in [0.25, 0.3) is 15.9 Å². The minimum absolute atomic E-state index is 0.0852. The quantitative estimate of drug-likeness (QED) is 0.846. The largest absolute Gasteiger partial charge is 0.365 e. The molecular weight excluding hydrogens is 368 g/mol. The summed E-state index contributed by atoms with van der Waals surface area (Å²) in [5.74, 6) is -0.0894. The SMILES string of the molecule is CC1CCc2c(sc(NS(=O)(=O)c3ccc(Cl)cc3)c2C(N)=O)C1. The normalized spacial score (nSPS) is 17.3. The van der Waals surface area contributed by atoms with Gasteiger partial charge in [-0.3, -0.25) is 9.52 Å². The topological polar surface area (TPSA) is 89.3 Å². The molecule has 1 atom stereocenters. The molecule has 3 N–H and O–H groups in total. The molecule has 8 heteroatoms. The van der Waals surface area contributed by atoms with Crippen LogP contribution < -0.4 is 10.5 Å². The number of sulfonamides is 1. The molecule has 1 heterocycles. The number of anilines is 1. The highest BCUT2D eigenvalue weighted by Gasteiger charge is 2.28. The molecule has 1 aliphatic rings. The first-order valence-corrected chi connectivity index (χ1v) is 10.2. The lowest BCUT2D eigenvalue weighted by atomic mass is 9.88. The number of fused-ring (bicyclic) bond motifs is 1. The van der Waals surface area contributed by atoms with Crippen LogP contribution in [0.15, 0.2) is 29.2 Å². The highest BCUT2D eigenvalue weighted by molar-refractivity contribution is 7.93. The van der Waals surface area contributed by atoms with Crippen LogP contribution in [0.25, 0.3) is 0 Å². The Morgan fingerprint density at radius 3 is 2.62 bits per heavy atom. The summed E-state index contributed by atoms with van der Waals surface area (Å²) in [6.45, 7) is 2.14. The number of thiophene rings is 1. The molecule has 128 valence electrons. The number of benzene rings is 1. The van der Waals surface area contributed by atoms with Crippen molar-refractivity contribution < 1.29 is 13.2 Å². The molecule has 1 unspecified atom stereocenters. The molecule has 0 saturated carbocycles. The van der Waals surface area contributed by atoms with Crippen molar-refractivity contribution in [2.24, 2.45) is 11.7 Å². The van der Waals surface area contributed by atoms with Gasteiger partial charge in [0.05, 0.1) is 10.5 Å². The Labute approximate surface area is 149 Å². The smallest absolute Gasteiger partial charge is 0.262 e. The fraction of sp³-hybridized carbons (Fsp3) is 0.312. The van der Waals surface area contributed by atoms with E-state index in [4.69, 9.17) is 17.3 Å². The third kappa shape index (κ3) is 3.29. The molecule has 1 aromatic carbocycles. The molecular formula is C16H17ClN2O3S2. The number of rotatable bonds is 4. The second-order valence-corrected chi connectivity index (χ2v) is 9.20. The molecule has 5 nitrogen and oxygen atoms in total. The third-order valence-electron chi connectivity index (χ3n) is 4.11. The van der Waals surface area contributed by atoms with Crippen LogP contribution in [-0.2, 0) is 22.9 Å². The van der Waals surface area contributed by atoms with E-state index < -0.39 is 15.9 Å². The number of primary amides is 1. The average Bonchev–Trinajstić information content (AvgIpc) is 2.83. The van der Waals surface area contributed by atoms with Gasteiger partial charge in [-0.15, -0.1) is 11.3 Å². The van der Waals surface area contributed by atoms with Gasteiger partial charge in [-0.1, -0.05) is 18.5 Å². The first-order chi connectivity index (χ1) is 11.3. The van der Waals surface area contributed by atoms with Crippen molar-refractivity contribution >= 4 is 43.9 Å². The Balaban J connectivity index is 2.00. The first kappa shape index (κ1) is 17.3. The fourth-order valence-corrected chi connectivity index (χ4v) is 5.73. The van der Waals surface area contributed by atoms with E-state index >= 15 is 0 Å². The summed E-state index contributed by atoms with van der Waals surface area (Å²) in [4.78, 5) is 13.0. The van der Waals surface area contributed by atoms with E-state index in [-0.39, 0.29) is 4.90 Å². The Hall–Kier alpha value is -1.57. The number of halogens is 1. The molecule has 2 aromatic rings. The van der Waals surface area contributed by atoms with Crippen LogP contribution >= 0.6 is 22.9 Å². The summed E-state index contributed by atoms with van der Waals surface area (Å²) in [6.07, 6.45) is 2.55. The lowest BCUT2D eigenvalue weighted by molar-refractivity contribution is 0.100. The molecule has 1 aromatic heterocycles. The summed E-state index contributed by atoms with van der Waals surface area (Å²) in [6, 6.07) is 5.85. The Bertz CT molecular complexity index is 889. The van der Waals surface area contributed by atoms with Crippen molar-refractivity contribution in [3.05, 3.63) is 45.3 Å². The molecule has 0 aliphatic heterocycles. The average molecular weight is 385 g/mol. The van der Waals surface area contributed by atoms with Gasteiger partial charge in [0.15, 0.2) is 0 Å². The maximum Gasteiger partial charge on any atom is 0.262 e. The van der Waals surface area contributed by atoms with Crippen LogP contribution in [0.4, 0.5) is 5.00 Å². The number of carbonyl (C=O) groups is 1. The zero-order valence-corrected chi connectivity index (χ0v) is 15.4. The van der Waals surface area contributed by atoms with Crippen LogP contribution in [0, 0.1) is 5.92 Å². The molecule has 0 spiro atoms. The molecule has 0 fully saturated rings. The Kier molecular flexibility index (Phi) is 4.59. The van der Waals surface area contributed by atoms with Crippen molar-refractivity contribution in [1.82, 2.24) is 0 Å². The number of amides is 1. The molecule has 1 aliphatic carbocycles. The van der Waals surface area contributed by atoms with E-state index in [0.29, 0.717) is 21.5 Å². The summed E-state index contributed by atoms with van der Waals surface area (Å²) in [5.41, 5.74) is 6.70. The van der Waals surface area contributed by atoms with Crippen molar-refractivity contribution in [2.45, 2.75) is 31.1 Å². The number of nitrogens with two attached hydrogens (primary N) is 1. The first-order valence-electron chi connectivity index (χ1n) is 7.50. The van der Waals surface area contributed by atoms with Gasteiger partial charge in [-0.05, 0) is 55.0 Å². The minimum atomic E-state index is -3.81. The summed E-state index contributed by atoms with van der Waals surface area (Å²) >= 11 is 7.10. The van der Waals surface area contributed by atoms with Crippen LogP contribution in [0.5, 0.6) is 0 Å². The van der Waals surface area contributed by atoms with Crippen LogP contribution in [0.3, 0.4) is 0 Å². The van der Waals surface area contributed by atoms with E-state index in [1.807, 2.05) is 0 Å². The Morgan fingerprint density at radius 1 is 1.33 bits per heavy atom. The number of carbonyl (C=O) groups excluding carboxylic acids is 1. The van der Waals surface area contributed by atoms with Gasteiger partial charge < -0.3 is 5.73 Å². The molecule has 1 amide bonds. The van der Waals surface area contributed by atoms with Crippen molar-refractivity contribution in [3.8, 4) is 0 Å². The van der Waals surface area contributed by atoms with Gasteiger partial charge in [-0.25, -0.2) is 8.42 Å². The van der Waals surface area contributed by atoms with Gasteiger partial charge >= 0.3 is 0 Å². The number of nitrogens with one attached hydrogen (secondary N) is 1. The van der Waals surface area contributed by atoms with E-state index in [0.717, 1.165) is 29.7 Å². The predicted molar refractivity (Wildman–Crippen MR) is 96.3 cm³/mol. The van der Waals surface area contributed by atoms with E-state index in [2.05, 4.69) is 11.6 Å². The zero-order valence-electron chi connectivity index (χ0n) is 13.0. The van der Waals surface area contributed by atoms with Crippen molar-refractivity contribution in [1.29, 1.82) is 0 Å². The van der Waals surface area contributed by atoms with Crippen LogP contribution in [0.1, 0.15) is 34.1 Å².